The average Bonchev–Trinajstić information content (AvgIpc) is 2.58. The fourth-order valence-electron chi connectivity index (χ4n) is 2.80. The molecule has 1 aliphatic rings. The van der Waals surface area contributed by atoms with Gasteiger partial charge in [0.25, 0.3) is 5.91 Å². The number of hydrogen-bond donors (Lipinski definition) is 1. The number of amides is 1. The van der Waals surface area contributed by atoms with Crippen LogP contribution >= 0.6 is 11.6 Å². The molecule has 0 atom stereocenters. The summed E-state index contributed by atoms with van der Waals surface area (Å²) >= 11 is 5.97. The van der Waals surface area contributed by atoms with Crippen LogP contribution in [0.1, 0.15) is 35.8 Å². The molecule has 0 bridgehead atoms. The van der Waals surface area contributed by atoms with E-state index in [4.69, 9.17) is 11.6 Å². The number of hydrogen-bond acceptors (Lipinski definition) is 4. The molecular weight excluding hydrogens is 324 g/mol. The summed E-state index contributed by atoms with van der Waals surface area (Å²) in [5.41, 5.74) is 2.29. The zero-order valence-electron chi connectivity index (χ0n) is 13.9. The molecule has 24 heavy (non-hydrogen) atoms. The first kappa shape index (κ1) is 16.7. The van der Waals surface area contributed by atoms with Crippen LogP contribution in [0, 0.1) is 12.8 Å². The Balaban J connectivity index is 1.75. The lowest BCUT2D eigenvalue weighted by atomic mass is 9.99. The van der Waals surface area contributed by atoms with Crippen molar-refractivity contribution >= 4 is 29.1 Å². The number of anilines is 2. The zero-order chi connectivity index (χ0) is 17.1. The summed E-state index contributed by atoms with van der Waals surface area (Å²) in [4.78, 5) is 23.1. The zero-order valence-corrected chi connectivity index (χ0v) is 14.7. The Bertz CT molecular complexity index is 742. The molecule has 0 spiro atoms. The summed E-state index contributed by atoms with van der Waals surface area (Å²) in [5.74, 6) is 1.07. The molecule has 2 aromatic rings. The molecule has 1 fully saturated rings. The summed E-state index contributed by atoms with van der Waals surface area (Å²) < 4.78 is 0. The first-order chi connectivity index (χ1) is 11.5. The monoisotopic (exact) mass is 344 g/mol. The van der Waals surface area contributed by atoms with Crippen LogP contribution in [-0.2, 0) is 0 Å². The molecule has 1 amide bonds. The SMILES string of the molecule is Cc1cc(Cl)ccc1Nc1nccc(C(=O)N2CCC(C)CC2)n1. The van der Waals surface area contributed by atoms with Gasteiger partial charge in [-0.25, -0.2) is 9.97 Å². The molecule has 1 N–H and O–H groups in total. The van der Waals surface area contributed by atoms with Crippen molar-refractivity contribution in [1.29, 1.82) is 0 Å². The third kappa shape index (κ3) is 3.85. The van der Waals surface area contributed by atoms with Crippen LogP contribution < -0.4 is 5.32 Å². The Morgan fingerprint density at radius 1 is 1.29 bits per heavy atom. The summed E-state index contributed by atoms with van der Waals surface area (Å²) in [6.45, 7) is 5.77. The number of aryl methyl sites for hydroxylation is 1. The molecule has 2 heterocycles. The fourth-order valence-corrected chi connectivity index (χ4v) is 3.03. The smallest absolute Gasteiger partial charge is 0.272 e. The molecule has 1 aromatic carbocycles. The molecule has 6 heteroatoms. The number of benzene rings is 1. The minimum atomic E-state index is -0.0276. The first-order valence-corrected chi connectivity index (χ1v) is 8.56. The van der Waals surface area contributed by atoms with Crippen molar-refractivity contribution in [3.05, 3.63) is 46.7 Å². The number of nitrogens with one attached hydrogen (secondary N) is 1. The van der Waals surface area contributed by atoms with Crippen LogP contribution in [0.3, 0.4) is 0 Å². The largest absolute Gasteiger partial charge is 0.337 e. The maximum Gasteiger partial charge on any atom is 0.272 e. The molecule has 5 nitrogen and oxygen atoms in total. The Morgan fingerprint density at radius 3 is 2.75 bits per heavy atom. The van der Waals surface area contributed by atoms with Crippen molar-refractivity contribution in [2.45, 2.75) is 26.7 Å². The van der Waals surface area contributed by atoms with Crippen LogP contribution in [0.4, 0.5) is 11.6 Å². The first-order valence-electron chi connectivity index (χ1n) is 8.18. The topological polar surface area (TPSA) is 58.1 Å². The highest BCUT2D eigenvalue weighted by molar-refractivity contribution is 6.30. The Hall–Kier alpha value is -2.14. The highest BCUT2D eigenvalue weighted by Crippen LogP contribution is 2.22. The number of carbonyl (C=O) groups is 1. The highest BCUT2D eigenvalue weighted by atomic mass is 35.5. The molecule has 1 aliphatic heterocycles. The van der Waals surface area contributed by atoms with Gasteiger partial charge in [-0.2, -0.15) is 0 Å². The predicted octanol–water partition coefficient (Wildman–Crippen LogP) is 4.05. The second-order valence-electron chi connectivity index (χ2n) is 6.32. The Morgan fingerprint density at radius 2 is 2.04 bits per heavy atom. The van der Waals surface area contributed by atoms with E-state index < -0.39 is 0 Å². The lowest BCUT2D eigenvalue weighted by Crippen LogP contribution is -2.38. The van der Waals surface area contributed by atoms with Gasteiger partial charge in [-0.1, -0.05) is 18.5 Å². The van der Waals surface area contributed by atoms with Gasteiger partial charge in [0.05, 0.1) is 0 Å². The molecule has 3 rings (SSSR count). The van der Waals surface area contributed by atoms with E-state index in [1.54, 1.807) is 18.3 Å². The molecule has 0 saturated carbocycles. The number of piperidine rings is 1. The van der Waals surface area contributed by atoms with E-state index in [-0.39, 0.29) is 5.91 Å². The van der Waals surface area contributed by atoms with Crippen molar-refractivity contribution in [3.63, 3.8) is 0 Å². The lowest BCUT2D eigenvalue weighted by molar-refractivity contribution is 0.0691. The maximum atomic E-state index is 12.6. The number of rotatable bonds is 3. The van der Waals surface area contributed by atoms with Gasteiger partial charge >= 0.3 is 0 Å². The van der Waals surface area contributed by atoms with Crippen molar-refractivity contribution < 1.29 is 4.79 Å². The van der Waals surface area contributed by atoms with Gasteiger partial charge in [-0.3, -0.25) is 4.79 Å². The van der Waals surface area contributed by atoms with Crippen molar-refractivity contribution in [2.75, 3.05) is 18.4 Å². The second kappa shape index (κ2) is 7.18. The number of nitrogens with zero attached hydrogens (tertiary/aromatic N) is 3. The molecule has 0 radical (unpaired) electrons. The van der Waals surface area contributed by atoms with E-state index in [0.29, 0.717) is 22.6 Å². The normalized spacial score (nSPS) is 15.4. The van der Waals surface area contributed by atoms with Crippen molar-refractivity contribution in [3.8, 4) is 0 Å². The van der Waals surface area contributed by atoms with Crippen LogP contribution in [-0.4, -0.2) is 33.9 Å². The maximum absolute atomic E-state index is 12.6. The van der Waals surface area contributed by atoms with E-state index in [1.165, 1.54) is 0 Å². The van der Waals surface area contributed by atoms with E-state index in [1.807, 2.05) is 24.0 Å². The molecule has 0 unspecified atom stereocenters. The predicted molar refractivity (Wildman–Crippen MR) is 95.8 cm³/mol. The molecule has 126 valence electrons. The van der Waals surface area contributed by atoms with Gasteiger partial charge in [-0.05, 0) is 55.5 Å². The van der Waals surface area contributed by atoms with E-state index in [2.05, 4.69) is 22.2 Å². The van der Waals surface area contributed by atoms with Crippen molar-refractivity contribution in [1.82, 2.24) is 14.9 Å². The average molecular weight is 345 g/mol. The third-order valence-electron chi connectivity index (χ3n) is 4.38. The van der Waals surface area contributed by atoms with Crippen LogP contribution in [0.5, 0.6) is 0 Å². The molecule has 1 aromatic heterocycles. The van der Waals surface area contributed by atoms with E-state index >= 15 is 0 Å². The third-order valence-corrected chi connectivity index (χ3v) is 4.62. The summed E-state index contributed by atoms with van der Waals surface area (Å²) in [5, 5.41) is 3.84. The summed E-state index contributed by atoms with van der Waals surface area (Å²) in [6, 6.07) is 7.22. The minimum Gasteiger partial charge on any atom is -0.337 e. The van der Waals surface area contributed by atoms with E-state index in [0.717, 1.165) is 37.2 Å². The highest BCUT2D eigenvalue weighted by Gasteiger charge is 2.22. The van der Waals surface area contributed by atoms with Gasteiger partial charge in [0.2, 0.25) is 5.95 Å². The number of carbonyl (C=O) groups excluding carboxylic acids is 1. The Labute approximate surface area is 147 Å². The molecule has 0 aliphatic carbocycles. The molecular formula is C18H21ClN4O. The lowest BCUT2D eigenvalue weighted by Gasteiger charge is -2.30. The van der Waals surface area contributed by atoms with Crippen LogP contribution in [0.25, 0.3) is 0 Å². The van der Waals surface area contributed by atoms with Gasteiger partial charge in [0.15, 0.2) is 0 Å². The standard InChI is InChI=1S/C18H21ClN4O/c1-12-6-9-23(10-7-12)17(24)16-5-8-20-18(22-16)21-15-4-3-14(19)11-13(15)2/h3-5,8,11-12H,6-7,9-10H2,1-2H3,(H,20,21,22). The summed E-state index contributed by atoms with van der Waals surface area (Å²) in [6.07, 6.45) is 3.71. The number of aromatic nitrogens is 2. The summed E-state index contributed by atoms with van der Waals surface area (Å²) in [7, 11) is 0. The second-order valence-corrected chi connectivity index (χ2v) is 6.76. The van der Waals surface area contributed by atoms with Crippen molar-refractivity contribution in [2.24, 2.45) is 5.92 Å². The van der Waals surface area contributed by atoms with Gasteiger partial charge in [-0.15, -0.1) is 0 Å². The quantitative estimate of drug-likeness (QED) is 0.912. The van der Waals surface area contributed by atoms with Crippen LogP contribution in [0.2, 0.25) is 5.02 Å². The van der Waals surface area contributed by atoms with Gasteiger partial charge in [0, 0.05) is 30.0 Å². The minimum absolute atomic E-state index is 0.0276. The number of halogens is 1. The Kier molecular flexibility index (Phi) is 5.00. The number of likely N-dealkylation sites (tertiary alicyclic amines) is 1. The van der Waals surface area contributed by atoms with Gasteiger partial charge in [0.1, 0.15) is 5.69 Å². The van der Waals surface area contributed by atoms with Gasteiger partial charge < -0.3 is 10.2 Å². The molecule has 1 saturated heterocycles. The van der Waals surface area contributed by atoms with Crippen LogP contribution in [0.15, 0.2) is 30.5 Å². The van der Waals surface area contributed by atoms with E-state index in [9.17, 15) is 4.79 Å². The fraction of sp³-hybridized carbons (Fsp3) is 0.389.